The van der Waals surface area contributed by atoms with Crippen molar-refractivity contribution in [3.05, 3.63) is 35.3 Å². The number of nitrogens with two attached hydrogens (primary N) is 2. The molecular weight excluding hydrogens is 262 g/mol. The minimum absolute atomic E-state index is 0.252. The summed E-state index contributed by atoms with van der Waals surface area (Å²) in [4.78, 5) is 23.9. The average Bonchev–Trinajstić information content (AvgIpc) is 2.30. The molecule has 1 amide bonds. The van der Waals surface area contributed by atoms with Gasteiger partial charge in [-0.15, -0.1) is 0 Å². The van der Waals surface area contributed by atoms with E-state index >= 15 is 0 Å². The van der Waals surface area contributed by atoms with Crippen molar-refractivity contribution in [3.63, 3.8) is 0 Å². The van der Waals surface area contributed by atoms with Crippen LogP contribution in [0.1, 0.15) is 21.7 Å². The molecule has 0 bridgehead atoms. The van der Waals surface area contributed by atoms with Crippen molar-refractivity contribution in [2.45, 2.75) is 24.0 Å². The SMILES string of the molecule is Cc1cc(C)nc(Sc2cc(C(N)=O)c(N)cn2)n1. The lowest BCUT2D eigenvalue weighted by Gasteiger charge is -2.05. The quantitative estimate of drug-likeness (QED) is 0.818. The summed E-state index contributed by atoms with van der Waals surface area (Å²) in [7, 11) is 0. The Morgan fingerprint density at radius 1 is 1.21 bits per heavy atom. The number of nitrogen functional groups attached to an aromatic ring is 1. The van der Waals surface area contributed by atoms with Gasteiger partial charge in [-0.05, 0) is 37.7 Å². The number of nitrogens with zero attached hydrogens (tertiary/aromatic N) is 3. The molecule has 0 saturated heterocycles. The van der Waals surface area contributed by atoms with E-state index in [1.165, 1.54) is 18.0 Å². The van der Waals surface area contributed by atoms with Crippen molar-refractivity contribution in [2.24, 2.45) is 5.73 Å². The van der Waals surface area contributed by atoms with E-state index < -0.39 is 5.91 Å². The first-order chi connectivity index (χ1) is 8.95. The van der Waals surface area contributed by atoms with Crippen LogP contribution in [0.4, 0.5) is 5.69 Å². The monoisotopic (exact) mass is 275 g/mol. The predicted octanol–water partition coefficient (Wildman–Crippen LogP) is 1.32. The standard InChI is InChI=1S/C12H13N5OS/c1-6-3-7(2)17-12(16-6)19-10-4-8(11(14)18)9(13)5-15-10/h3-5H,13H2,1-2H3,(H2,14,18). The Hall–Kier alpha value is -2.15. The Labute approximate surface area is 114 Å². The van der Waals surface area contributed by atoms with E-state index in [1.807, 2.05) is 19.9 Å². The van der Waals surface area contributed by atoms with Gasteiger partial charge in [0.05, 0.1) is 17.4 Å². The Kier molecular flexibility index (Phi) is 3.66. The summed E-state index contributed by atoms with van der Waals surface area (Å²) in [5, 5.41) is 1.15. The molecule has 6 nitrogen and oxygen atoms in total. The first-order valence-electron chi connectivity index (χ1n) is 5.51. The van der Waals surface area contributed by atoms with Crippen molar-refractivity contribution in [3.8, 4) is 0 Å². The first kappa shape index (κ1) is 13.3. The van der Waals surface area contributed by atoms with Crippen LogP contribution in [-0.2, 0) is 0 Å². The zero-order valence-corrected chi connectivity index (χ0v) is 11.4. The summed E-state index contributed by atoms with van der Waals surface area (Å²) < 4.78 is 0. The minimum atomic E-state index is -0.580. The lowest BCUT2D eigenvalue weighted by atomic mass is 10.2. The summed E-state index contributed by atoms with van der Waals surface area (Å²) in [6.45, 7) is 3.79. The molecule has 4 N–H and O–H groups in total. The van der Waals surface area contributed by atoms with Gasteiger partial charge in [-0.2, -0.15) is 0 Å². The van der Waals surface area contributed by atoms with E-state index in [9.17, 15) is 4.79 Å². The summed E-state index contributed by atoms with van der Waals surface area (Å²) in [6.07, 6.45) is 1.41. The van der Waals surface area contributed by atoms with Crippen LogP contribution in [0, 0.1) is 13.8 Å². The Bertz CT molecular complexity index is 624. The van der Waals surface area contributed by atoms with Crippen molar-refractivity contribution in [2.75, 3.05) is 5.73 Å². The molecule has 0 aromatic carbocycles. The van der Waals surface area contributed by atoms with E-state index in [2.05, 4.69) is 15.0 Å². The highest BCUT2D eigenvalue weighted by atomic mass is 32.2. The van der Waals surface area contributed by atoms with Crippen LogP contribution in [0.3, 0.4) is 0 Å². The number of aryl methyl sites for hydroxylation is 2. The van der Waals surface area contributed by atoms with Gasteiger partial charge in [0, 0.05) is 11.4 Å². The number of hydrogen-bond acceptors (Lipinski definition) is 6. The van der Waals surface area contributed by atoms with Gasteiger partial charge in [-0.1, -0.05) is 0 Å². The minimum Gasteiger partial charge on any atom is -0.397 e. The molecule has 0 atom stereocenters. The number of amides is 1. The molecule has 0 fully saturated rings. The van der Waals surface area contributed by atoms with E-state index in [0.29, 0.717) is 10.2 Å². The molecule has 0 radical (unpaired) electrons. The van der Waals surface area contributed by atoms with Gasteiger partial charge in [-0.25, -0.2) is 15.0 Å². The van der Waals surface area contributed by atoms with Crippen LogP contribution in [-0.4, -0.2) is 20.9 Å². The summed E-state index contributed by atoms with van der Waals surface area (Å²) in [5.41, 5.74) is 13.1. The second-order valence-electron chi connectivity index (χ2n) is 4.01. The maximum Gasteiger partial charge on any atom is 0.250 e. The van der Waals surface area contributed by atoms with Gasteiger partial charge < -0.3 is 11.5 Å². The normalized spacial score (nSPS) is 10.4. The molecule has 2 heterocycles. The number of anilines is 1. The number of aromatic nitrogens is 3. The van der Waals surface area contributed by atoms with Crippen LogP contribution in [0.15, 0.2) is 28.5 Å². The van der Waals surface area contributed by atoms with Crippen LogP contribution in [0.5, 0.6) is 0 Å². The molecule has 98 valence electrons. The fourth-order valence-electron chi connectivity index (χ4n) is 1.55. The molecule has 0 aliphatic rings. The van der Waals surface area contributed by atoms with Gasteiger partial charge in [0.2, 0.25) is 0 Å². The Morgan fingerprint density at radius 3 is 2.42 bits per heavy atom. The highest BCUT2D eigenvalue weighted by Crippen LogP contribution is 2.25. The Balaban J connectivity index is 2.33. The van der Waals surface area contributed by atoms with Gasteiger partial charge in [0.1, 0.15) is 5.03 Å². The number of carbonyl (C=O) groups excluding carboxylic acids is 1. The summed E-state index contributed by atoms with van der Waals surface area (Å²) in [5.74, 6) is -0.580. The molecule has 0 unspecified atom stereocenters. The topological polar surface area (TPSA) is 108 Å². The molecule has 2 aromatic heterocycles. The Morgan fingerprint density at radius 2 is 1.84 bits per heavy atom. The third-order valence-corrected chi connectivity index (χ3v) is 3.13. The molecule has 7 heteroatoms. The fourth-order valence-corrected chi connectivity index (χ4v) is 2.40. The molecule has 0 saturated carbocycles. The maximum atomic E-state index is 11.2. The number of pyridine rings is 1. The predicted molar refractivity (Wildman–Crippen MR) is 72.8 cm³/mol. The highest BCUT2D eigenvalue weighted by Gasteiger charge is 2.10. The number of primary amides is 1. The van der Waals surface area contributed by atoms with Gasteiger partial charge in [-0.3, -0.25) is 4.79 Å². The third-order valence-electron chi connectivity index (χ3n) is 2.33. The van der Waals surface area contributed by atoms with E-state index in [4.69, 9.17) is 11.5 Å². The lowest BCUT2D eigenvalue weighted by Crippen LogP contribution is -2.14. The van der Waals surface area contributed by atoms with Crippen molar-refractivity contribution >= 4 is 23.4 Å². The first-order valence-corrected chi connectivity index (χ1v) is 6.33. The lowest BCUT2D eigenvalue weighted by molar-refractivity contribution is 0.100. The average molecular weight is 275 g/mol. The molecule has 19 heavy (non-hydrogen) atoms. The smallest absolute Gasteiger partial charge is 0.250 e. The summed E-state index contributed by atoms with van der Waals surface area (Å²) in [6, 6.07) is 3.43. The molecular formula is C12H13N5OS. The molecule has 0 spiro atoms. The van der Waals surface area contributed by atoms with E-state index in [0.717, 1.165) is 11.4 Å². The van der Waals surface area contributed by atoms with Crippen molar-refractivity contribution in [1.29, 1.82) is 0 Å². The zero-order chi connectivity index (χ0) is 14.0. The number of rotatable bonds is 3. The van der Waals surface area contributed by atoms with Gasteiger partial charge in [0.15, 0.2) is 5.16 Å². The van der Waals surface area contributed by atoms with Crippen molar-refractivity contribution < 1.29 is 4.79 Å². The van der Waals surface area contributed by atoms with Gasteiger partial charge >= 0.3 is 0 Å². The second kappa shape index (κ2) is 5.23. The third kappa shape index (κ3) is 3.19. The number of hydrogen-bond donors (Lipinski definition) is 2. The molecule has 0 aliphatic carbocycles. The molecule has 2 rings (SSSR count). The second-order valence-corrected chi connectivity index (χ2v) is 5.00. The summed E-state index contributed by atoms with van der Waals surface area (Å²) >= 11 is 1.26. The zero-order valence-electron chi connectivity index (χ0n) is 10.5. The number of carbonyl (C=O) groups is 1. The van der Waals surface area contributed by atoms with Crippen molar-refractivity contribution in [1.82, 2.24) is 15.0 Å². The van der Waals surface area contributed by atoms with Crippen LogP contribution in [0.2, 0.25) is 0 Å². The largest absolute Gasteiger partial charge is 0.397 e. The van der Waals surface area contributed by atoms with E-state index in [-0.39, 0.29) is 11.3 Å². The molecule has 0 aliphatic heterocycles. The van der Waals surface area contributed by atoms with Crippen LogP contribution < -0.4 is 11.5 Å². The fraction of sp³-hybridized carbons (Fsp3) is 0.167. The van der Waals surface area contributed by atoms with Gasteiger partial charge in [0.25, 0.3) is 5.91 Å². The van der Waals surface area contributed by atoms with E-state index in [1.54, 1.807) is 6.07 Å². The van der Waals surface area contributed by atoms with Crippen LogP contribution >= 0.6 is 11.8 Å². The maximum absolute atomic E-state index is 11.2. The highest BCUT2D eigenvalue weighted by molar-refractivity contribution is 7.99. The molecule has 2 aromatic rings. The van der Waals surface area contributed by atoms with Crippen LogP contribution in [0.25, 0.3) is 0 Å².